The molecule has 24 heavy (non-hydrogen) atoms. The van der Waals surface area contributed by atoms with E-state index >= 15 is 0 Å². The molecule has 0 bridgehead atoms. The Morgan fingerprint density at radius 3 is 2.83 bits per heavy atom. The number of aromatic nitrogens is 2. The van der Waals surface area contributed by atoms with Gasteiger partial charge < -0.3 is 9.40 Å². The summed E-state index contributed by atoms with van der Waals surface area (Å²) in [6.07, 6.45) is 15.6. The monoisotopic (exact) mass is 327 g/mol. The maximum atomic E-state index is 5.72. The van der Waals surface area contributed by atoms with Crippen molar-refractivity contribution in [2.24, 2.45) is 5.92 Å². The zero-order valence-electron chi connectivity index (χ0n) is 14.5. The van der Waals surface area contributed by atoms with Crippen LogP contribution in [0.4, 0.5) is 0 Å². The smallest absolute Gasteiger partial charge is 0.120 e. The largest absolute Gasteiger partial charge is 0.468 e. The summed E-state index contributed by atoms with van der Waals surface area (Å²) >= 11 is 0. The summed E-state index contributed by atoms with van der Waals surface area (Å²) < 4.78 is 5.72. The molecule has 4 heteroatoms. The second kappa shape index (κ2) is 7.56. The summed E-state index contributed by atoms with van der Waals surface area (Å²) in [6.45, 7) is 2.09. The van der Waals surface area contributed by atoms with Crippen LogP contribution in [0, 0.1) is 5.92 Å². The van der Waals surface area contributed by atoms with Gasteiger partial charge in [0.25, 0.3) is 0 Å². The maximum absolute atomic E-state index is 5.72. The van der Waals surface area contributed by atoms with Gasteiger partial charge in [-0.15, -0.1) is 0 Å². The Morgan fingerprint density at radius 2 is 2.00 bits per heavy atom. The van der Waals surface area contributed by atoms with Gasteiger partial charge in [0.05, 0.1) is 12.3 Å². The molecule has 0 aromatic carbocycles. The highest BCUT2D eigenvalue weighted by Gasteiger charge is 2.25. The number of likely N-dealkylation sites (tertiary alicyclic amines) is 1. The van der Waals surface area contributed by atoms with Gasteiger partial charge in [-0.2, -0.15) is 0 Å². The molecule has 2 aromatic heterocycles. The molecule has 1 N–H and O–H groups in total. The van der Waals surface area contributed by atoms with E-state index in [9.17, 15) is 0 Å². The highest BCUT2D eigenvalue weighted by Crippen LogP contribution is 2.32. The summed E-state index contributed by atoms with van der Waals surface area (Å²) in [4.78, 5) is 10.8. The number of rotatable bonds is 5. The van der Waals surface area contributed by atoms with Gasteiger partial charge in [-0.1, -0.05) is 38.5 Å². The van der Waals surface area contributed by atoms with Crippen molar-refractivity contribution in [3.63, 3.8) is 0 Å². The molecule has 2 fully saturated rings. The zero-order chi connectivity index (χ0) is 16.2. The second-order valence-corrected chi connectivity index (χ2v) is 7.56. The van der Waals surface area contributed by atoms with E-state index in [2.05, 4.69) is 20.9 Å². The van der Waals surface area contributed by atoms with E-state index in [0.29, 0.717) is 6.04 Å². The number of nitrogens with one attached hydrogen (secondary N) is 1. The minimum absolute atomic E-state index is 0.407. The first-order valence-corrected chi connectivity index (χ1v) is 9.69. The van der Waals surface area contributed by atoms with E-state index < -0.39 is 0 Å². The third-order valence-electron chi connectivity index (χ3n) is 5.75. The molecular formula is C20H29N3O. The standard InChI is InChI=1S/C20H29N3O/c1-2-9-18(19-10-6-12-24-19)23(11-5-1)15-17-14-21-20(22-17)13-16-7-3-4-8-16/h6,10,12,14,16,18H,1-5,7-9,11,13,15H2,(H,21,22). The molecule has 1 aliphatic heterocycles. The van der Waals surface area contributed by atoms with E-state index in [1.165, 1.54) is 62.9 Å². The summed E-state index contributed by atoms with van der Waals surface area (Å²) in [7, 11) is 0. The van der Waals surface area contributed by atoms with Gasteiger partial charge >= 0.3 is 0 Å². The van der Waals surface area contributed by atoms with E-state index in [1.54, 1.807) is 6.26 Å². The molecular weight excluding hydrogens is 298 g/mol. The van der Waals surface area contributed by atoms with Crippen molar-refractivity contribution in [3.8, 4) is 0 Å². The van der Waals surface area contributed by atoms with Crippen molar-refractivity contribution in [1.29, 1.82) is 0 Å². The van der Waals surface area contributed by atoms with Crippen LogP contribution in [0.5, 0.6) is 0 Å². The first-order valence-electron chi connectivity index (χ1n) is 9.69. The minimum atomic E-state index is 0.407. The van der Waals surface area contributed by atoms with Gasteiger partial charge in [-0.3, -0.25) is 4.90 Å². The van der Waals surface area contributed by atoms with Gasteiger partial charge in [-0.25, -0.2) is 4.98 Å². The van der Waals surface area contributed by atoms with Gasteiger partial charge in [0.2, 0.25) is 0 Å². The molecule has 1 atom stereocenters. The third-order valence-corrected chi connectivity index (χ3v) is 5.75. The average Bonchev–Trinajstić information content (AvgIpc) is 3.32. The van der Waals surface area contributed by atoms with Crippen LogP contribution in [0.25, 0.3) is 0 Å². The van der Waals surface area contributed by atoms with Crippen molar-refractivity contribution >= 4 is 0 Å². The third kappa shape index (κ3) is 3.75. The zero-order valence-corrected chi connectivity index (χ0v) is 14.5. The average molecular weight is 327 g/mol. The fourth-order valence-corrected chi connectivity index (χ4v) is 4.46. The molecule has 130 valence electrons. The van der Waals surface area contributed by atoms with Crippen LogP contribution >= 0.6 is 0 Å². The molecule has 1 aliphatic carbocycles. The Bertz CT molecular complexity index is 613. The first kappa shape index (κ1) is 15.9. The fourth-order valence-electron chi connectivity index (χ4n) is 4.46. The lowest BCUT2D eigenvalue weighted by molar-refractivity contribution is 0.168. The lowest BCUT2D eigenvalue weighted by Gasteiger charge is -2.27. The molecule has 0 amide bonds. The van der Waals surface area contributed by atoms with Gasteiger partial charge in [0.15, 0.2) is 0 Å². The van der Waals surface area contributed by atoms with Crippen LogP contribution in [0.1, 0.15) is 74.7 Å². The molecule has 3 heterocycles. The predicted octanol–water partition coefficient (Wildman–Crippen LogP) is 4.85. The Labute approximate surface area is 144 Å². The number of H-pyrrole nitrogens is 1. The molecule has 1 unspecified atom stereocenters. The minimum Gasteiger partial charge on any atom is -0.468 e. The van der Waals surface area contributed by atoms with Crippen LogP contribution in [-0.4, -0.2) is 21.4 Å². The quantitative estimate of drug-likeness (QED) is 0.853. The normalized spacial score (nSPS) is 23.6. The van der Waals surface area contributed by atoms with E-state index in [0.717, 1.165) is 31.2 Å². The number of nitrogens with zero attached hydrogens (tertiary/aromatic N) is 2. The highest BCUT2D eigenvalue weighted by atomic mass is 16.3. The lowest BCUT2D eigenvalue weighted by Crippen LogP contribution is -2.28. The molecule has 2 aliphatic rings. The van der Waals surface area contributed by atoms with Crippen molar-refractivity contribution in [1.82, 2.24) is 14.9 Å². The van der Waals surface area contributed by atoms with Gasteiger partial charge in [0, 0.05) is 24.9 Å². The van der Waals surface area contributed by atoms with Crippen LogP contribution in [0.15, 0.2) is 29.0 Å². The number of hydrogen-bond acceptors (Lipinski definition) is 3. The number of aromatic amines is 1. The van der Waals surface area contributed by atoms with Crippen molar-refractivity contribution < 1.29 is 4.42 Å². The van der Waals surface area contributed by atoms with Crippen molar-refractivity contribution in [3.05, 3.63) is 41.9 Å². The highest BCUT2D eigenvalue weighted by molar-refractivity contribution is 5.08. The van der Waals surface area contributed by atoms with E-state index in [-0.39, 0.29) is 0 Å². The molecule has 2 aromatic rings. The van der Waals surface area contributed by atoms with Crippen LogP contribution in [0.2, 0.25) is 0 Å². The van der Waals surface area contributed by atoms with Crippen LogP contribution in [0.3, 0.4) is 0 Å². The fraction of sp³-hybridized carbons (Fsp3) is 0.650. The number of imidazole rings is 1. The van der Waals surface area contributed by atoms with Crippen LogP contribution < -0.4 is 0 Å². The molecule has 4 rings (SSSR count). The Hall–Kier alpha value is -1.55. The Morgan fingerprint density at radius 1 is 1.12 bits per heavy atom. The molecule has 1 saturated carbocycles. The molecule has 0 spiro atoms. The summed E-state index contributed by atoms with van der Waals surface area (Å²) in [6, 6.07) is 4.54. The van der Waals surface area contributed by atoms with Gasteiger partial charge in [-0.05, 0) is 37.4 Å². The van der Waals surface area contributed by atoms with Gasteiger partial charge in [0.1, 0.15) is 11.6 Å². The SMILES string of the molecule is c1coc(C2CCCCCN2Cc2cnc(CC3CCCC3)[nH]2)c1. The van der Waals surface area contributed by atoms with E-state index in [1.807, 2.05) is 12.3 Å². The molecule has 0 radical (unpaired) electrons. The number of furan rings is 1. The lowest BCUT2D eigenvalue weighted by atomic mass is 10.0. The number of hydrogen-bond donors (Lipinski definition) is 1. The molecule has 1 saturated heterocycles. The first-order chi connectivity index (χ1) is 11.9. The molecule has 4 nitrogen and oxygen atoms in total. The second-order valence-electron chi connectivity index (χ2n) is 7.56. The Balaban J connectivity index is 1.43. The summed E-state index contributed by atoms with van der Waals surface area (Å²) in [5.41, 5.74) is 1.25. The summed E-state index contributed by atoms with van der Waals surface area (Å²) in [5.74, 6) is 3.14. The topological polar surface area (TPSA) is 45.1 Å². The van der Waals surface area contributed by atoms with Crippen molar-refractivity contribution in [2.45, 2.75) is 70.4 Å². The van der Waals surface area contributed by atoms with Crippen molar-refractivity contribution in [2.75, 3.05) is 6.54 Å². The van der Waals surface area contributed by atoms with E-state index in [4.69, 9.17) is 4.42 Å². The Kier molecular flexibility index (Phi) is 5.02. The predicted molar refractivity (Wildman–Crippen MR) is 94.6 cm³/mol. The van der Waals surface area contributed by atoms with Crippen LogP contribution in [-0.2, 0) is 13.0 Å². The maximum Gasteiger partial charge on any atom is 0.120 e. The summed E-state index contributed by atoms with van der Waals surface area (Å²) in [5, 5.41) is 0.